The van der Waals surface area contributed by atoms with E-state index >= 15 is 0 Å². The fourth-order valence-corrected chi connectivity index (χ4v) is 0.194. The van der Waals surface area contributed by atoms with Gasteiger partial charge in [0, 0.05) is 6.54 Å². The van der Waals surface area contributed by atoms with Gasteiger partial charge >= 0.3 is 7.25 Å². The van der Waals surface area contributed by atoms with Crippen LogP contribution >= 0.6 is 0 Å². The number of hydrogen-bond acceptors (Lipinski definition) is 4. The maximum absolute atomic E-state index is 8.03. The average Bonchev–Trinajstić information content (AvgIpc) is 1.61. The molecule has 0 amide bonds. The number of aliphatic hydroxyl groups is 1. The van der Waals surface area contributed by atoms with Gasteiger partial charge in [-0.1, -0.05) is 0 Å². The Kier molecular flexibility index (Phi) is 4.02. The molecule has 0 spiro atoms. The number of rotatable bonds is 3. The first-order valence-electron chi connectivity index (χ1n) is 1.97. The minimum absolute atomic E-state index is 0.0857. The van der Waals surface area contributed by atoms with Crippen LogP contribution in [0.5, 0.6) is 0 Å². The second-order valence-electron chi connectivity index (χ2n) is 1.05. The smallest absolute Gasteiger partial charge is 0.413 e. The van der Waals surface area contributed by atoms with E-state index in [0.717, 1.165) is 0 Å². The highest BCUT2D eigenvalue weighted by molar-refractivity contribution is 6.37. The lowest BCUT2D eigenvalue weighted by atomic mass is 10.1. The van der Waals surface area contributed by atoms with Gasteiger partial charge in [-0.3, -0.25) is 0 Å². The molecule has 4 N–H and O–H groups in total. The summed E-state index contributed by atoms with van der Waals surface area (Å²) >= 11 is 0. The molecule has 0 heterocycles. The van der Waals surface area contributed by atoms with Gasteiger partial charge in [-0.05, 0) is 0 Å². The van der Waals surface area contributed by atoms with Gasteiger partial charge in [0.25, 0.3) is 0 Å². The average molecular weight is 105 g/mol. The van der Waals surface area contributed by atoms with E-state index in [0.29, 0.717) is 0 Å². The summed E-state index contributed by atoms with van der Waals surface area (Å²) in [6.07, 6.45) is 0. The van der Waals surface area contributed by atoms with Crippen molar-refractivity contribution in [2.45, 2.75) is 0 Å². The largest absolute Gasteiger partial charge is 0.549 e. The molecule has 0 fully saturated rings. The van der Waals surface area contributed by atoms with Crippen LogP contribution in [0, 0.1) is 0 Å². The first-order valence-corrected chi connectivity index (χ1v) is 1.97. The van der Waals surface area contributed by atoms with Crippen LogP contribution in [-0.2, 0) is 0 Å². The summed E-state index contributed by atoms with van der Waals surface area (Å²) < 4.78 is 0. The van der Waals surface area contributed by atoms with Crippen molar-refractivity contribution in [3.63, 3.8) is 0 Å². The number of nitrogens with one attached hydrogen (secondary N) is 1. The molecular weight excluding hydrogens is 96.8 g/mol. The lowest BCUT2D eigenvalue weighted by Crippen LogP contribution is -2.35. The molecule has 42 valence electrons. The summed E-state index contributed by atoms with van der Waals surface area (Å²) in [4.78, 5) is 0. The molecule has 4 nitrogen and oxygen atoms in total. The van der Waals surface area contributed by atoms with E-state index in [2.05, 4.69) is 5.23 Å². The van der Waals surface area contributed by atoms with Crippen LogP contribution < -0.4 is 5.23 Å². The molecule has 0 aliphatic rings. The topological polar surface area (TPSA) is 72.7 Å². The van der Waals surface area contributed by atoms with E-state index in [1.165, 1.54) is 0 Å². The van der Waals surface area contributed by atoms with Gasteiger partial charge in [-0.15, -0.1) is 0 Å². The molecule has 0 atom stereocenters. The van der Waals surface area contributed by atoms with Gasteiger partial charge in [-0.2, -0.15) is 0 Å². The molecule has 0 aromatic rings. The van der Waals surface area contributed by atoms with Crippen molar-refractivity contribution in [1.29, 1.82) is 0 Å². The molecule has 0 radical (unpaired) electrons. The fraction of sp³-hybridized carbons (Fsp3) is 1.00. The molecule has 0 bridgehead atoms. The van der Waals surface area contributed by atoms with Crippen molar-refractivity contribution in [2.24, 2.45) is 0 Å². The van der Waals surface area contributed by atoms with E-state index in [-0.39, 0.29) is 13.2 Å². The summed E-state index contributed by atoms with van der Waals surface area (Å²) in [5.74, 6) is 0. The lowest BCUT2D eigenvalue weighted by Gasteiger charge is -1.95. The second-order valence-corrected chi connectivity index (χ2v) is 1.05. The quantitative estimate of drug-likeness (QED) is 0.300. The third kappa shape index (κ3) is 5.90. The Bertz CT molecular complexity index is 41.9. The van der Waals surface area contributed by atoms with E-state index in [4.69, 9.17) is 15.2 Å². The zero-order chi connectivity index (χ0) is 5.70. The molecule has 7 heavy (non-hydrogen) atoms. The molecule has 0 aromatic heterocycles. The second kappa shape index (κ2) is 4.07. The normalized spacial score (nSPS) is 9.00. The van der Waals surface area contributed by atoms with E-state index in [1.54, 1.807) is 0 Å². The molecule has 0 saturated heterocycles. The van der Waals surface area contributed by atoms with E-state index < -0.39 is 7.25 Å². The van der Waals surface area contributed by atoms with E-state index in [1.807, 2.05) is 0 Å². The number of hydrogen-bond donors (Lipinski definition) is 4. The summed E-state index contributed by atoms with van der Waals surface area (Å²) in [7, 11) is -1.51. The van der Waals surface area contributed by atoms with Crippen molar-refractivity contribution in [3.8, 4) is 0 Å². The van der Waals surface area contributed by atoms with Crippen molar-refractivity contribution >= 4 is 7.25 Å². The Morgan fingerprint density at radius 2 is 2.00 bits per heavy atom. The highest BCUT2D eigenvalue weighted by Gasteiger charge is 2.01. The van der Waals surface area contributed by atoms with Crippen LogP contribution in [-0.4, -0.2) is 35.6 Å². The first-order chi connectivity index (χ1) is 3.27. The van der Waals surface area contributed by atoms with Crippen molar-refractivity contribution in [1.82, 2.24) is 5.23 Å². The lowest BCUT2D eigenvalue weighted by molar-refractivity contribution is 0.290. The Labute approximate surface area is 42.0 Å². The first kappa shape index (κ1) is 6.90. The zero-order valence-electron chi connectivity index (χ0n) is 3.83. The van der Waals surface area contributed by atoms with Crippen LogP contribution in [0.15, 0.2) is 0 Å². The minimum atomic E-state index is -1.51. The highest BCUT2D eigenvalue weighted by Crippen LogP contribution is 1.55. The summed E-state index contributed by atoms with van der Waals surface area (Å²) in [5, 5.41) is 26.2. The standard InChI is InChI=1S/C2H8BNO3/c5-2-1-4-3(6)7/h4-7H,1-2H2. The third-order valence-corrected chi connectivity index (χ3v) is 0.439. The Morgan fingerprint density at radius 3 is 2.14 bits per heavy atom. The number of aliphatic hydroxyl groups excluding tert-OH is 1. The van der Waals surface area contributed by atoms with Crippen LogP contribution in [0.2, 0.25) is 0 Å². The summed E-state index contributed by atoms with van der Waals surface area (Å²) in [6.45, 7) is 0.120. The predicted octanol–water partition coefficient (Wildman–Crippen LogP) is -2.46. The van der Waals surface area contributed by atoms with Gasteiger partial charge in [0.15, 0.2) is 0 Å². The van der Waals surface area contributed by atoms with Gasteiger partial charge in [0.05, 0.1) is 6.61 Å². The highest BCUT2D eigenvalue weighted by atomic mass is 16.4. The molecule has 0 aliphatic carbocycles. The van der Waals surface area contributed by atoms with Crippen LogP contribution in [0.3, 0.4) is 0 Å². The van der Waals surface area contributed by atoms with E-state index in [9.17, 15) is 0 Å². The monoisotopic (exact) mass is 105 g/mol. The maximum atomic E-state index is 8.03. The van der Waals surface area contributed by atoms with Gasteiger partial charge in [0.2, 0.25) is 0 Å². The summed E-state index contributed by atoms with van der Waals surface area (Å²) in [6, 6.07) is 0. The maximum Gasteiger partial charge on any atom is 0.549 e. The minimum Gasteiger partial charge on any atom is -0.413 e. The van der Waals surface area contributed by atoms with Crippen molar-refractivity contribution < 1.29 is 15.2 Å². The van der Waals surface area contributed by atoms with Crippen LogP contribution in [0.4, 0.5) is 0 Å². The molecule has 0 rings (SSSR count). The predicted molar refractivity (Wildman–Crippen MR) is 25.3 cm³/mol. The Hall–Kier alpha value is -0.0951. The van der Waals surface area contributed by atoms with Crippen molar-refractivity contribution in [2.75, 3.05) is 13.2 Å². The third-order valence-electron chi connectivity index (χ3n) is 0.439. The fourth-order valence-electron chi connectivity index (χ4n) is 0.194. The van der Waals surface area contributed by atoms with Crippen LogP contribution in [0.1, 0.15) is 0 Å². The van der Waals surface area contributed by atoms with Gasteiger partial charge < -0.3 is 20.4 Å². The Balaban J connectivity index is 2.68. The van der Waals surface area contributed by atoms with Gasteiger partial charge in [0.1, 0.15) is 0 Å². The molecule has 0 aliphatic heterocycles. The van der Waals surface area contributed by atoms with Crippen LogP contribution in [0.25, 0.3) is 0 Å². The molecular formula is C2H8BNO3. The molecule has 0 unspecified atom stereocenters. The molecule has 0 saturated carbocycles. The molecule has 0 aromatic carbocycles. The Morgan fingerprint density at radius 1 is 1.43 bits per heavy atom. The van der Waals surface area contributed by atoms with Crippen molar-refractivity contribution in [3.05, 3.63) is 0 Å². The molecule has 5 heteroatoms. The summed E-state index contributed by atoms with van der Waals surface area (Å²) in [5.41, 5.74) is 0. The van der Waals surface area contributed by atoms with Gasteiger partial charge in [-0.25, -0.2) is 0 Å². The zero-order valence-corrected chi connectivity index (χ0v) is 3.83. The SMILES string of the molecule is OCCNB(O)O.